The van der Waals surface area contributed by atoms with Crippen molar-refractivity contribution in [1.82, 2.24) is 9.97 Å². The van der Waals surface area contributed by atoms with Gasteiger partial charge in [0.15, 0.2) is 11.6 Å². The summed E-state index contributed by atoms with van der Waals surface area (Å²) in [5, 5.41) is 5.92. The van der Waals surface area contributed by atoms with E-state index in [2.05, 4.69) is 34.4 Å². The molecule has 0 radical (unpaired) electrons. The van der Waals surface area contributed by atoms with Gasteiger partial charge >= 0.3 is 0 Å². The molecule has 0 bridgehead atoms. The summed E-state index contributed by atoms with van der Waals surface area (Å²) in [6.07, 6.45) is 2.98. The maximum absolute atomic E-state index is 13.5. The van der Waals surface area contributed by atoms with Crippen molar-refractivity contribution in [3.05, 3.63) is 12.0 Å². The Morgan fingerprint density at radius 1 is 1.38 bits per heavy atom. The van der Waals surface area contributed by atoms with Crippen molar-refractivity contribution in [3.63, 3.8) is 0 Å². The maximum Gasteiger partial charge on any atom is 0.224 e. The molecule has 2 N–H and O–H groups in total. The Morgan fingerprint density at radius 2 is 2.00 bits per heavy atom. The minimum atomic E-state index is -0.424. The molecule has 90 valence electrons. The second-order valence-corrected chi connectivity index (χ2v) is 4.03. The third kappa shape index (κ3) is 2.81. The first-order chi connectivity index (χ1) is 7.54. The molecule has 4 nitrogen and oxygen atoms in total. The van der Waals surface area contributed by atoms with E-state index in [9.17, 15) is 4.39 Å². The predicted octanol–water partition coefficient (Wildman–Crippen LogP) is 2.65. The summed E-state index contributed by atoms with van der Waals surface area (Å²) in [4.78, 5) is 7.87. The molecular formula is C11H19FN4. The number of nitrogens with one attached hydrogen (secondary N) is 2. The van der Waals surface area contributed by atoms with Gasteiger partial charge in [0.05, 0.1) is 6.20 Å². The third-order valence-electron chi connectivity index (χ3n) is 2.95. The summed E-state index contributed by atoms with van der Waals surface area (Å²) in [5.41, 5.74) is -0.139. The van der Waals surface area contributed by atoms with Gasteiger partial charge in [0.25, 0.3) is 0 Å². The van der Waals surface area contributed by atoms with E-state index in [1.807, 2.05) is 6.92 Å². The normalized spacial score (nSPS) is 11.3. The molecule has 0 saturated carbocycles. The van der Waals surface area contributed by atoms with Crippen LogP contribution in [-0.4, -0.2) is 22.6 Å². The second kappa shape index (κ2) is 5.09. The predicted molar refractivity (Wildman–Crippen MR) is 64.1 cm³/mol. The molecule has 0 saturated heterocycles. The molecule has 0 aliphatic rings. The third-order valence-corrected chi connectivity index (χ3v) is 2.95. The Hall–Kier alpha value is -1.39. The molecule has 0 spiro atoms. The zero-order valence-electron chi connectivity index (χ0n) is 10.3. The summed E-state index contributed by atoms with van der Waals surface area (Å²) in [6, 6.07) is 0. The number of aromatic nitrogens is 2. The molecule has 5 heteroatoms. The lowest BCUT2D eigenvalue weighted by Crippen LogP contribution is -2.34. The van der Waals surface area contributed by atoms with E-state index in [4.69, 9.17) is 0 Å². The van der Waals surface area contributed by atoms with Gasteiger partial charge in [-0.1, -0.05) is 13.8 Å². The Morgan fingerprint density at radius 3 is 2.50 bits per heavy atom. The van der Waals surface area contributed by atoms with E-state index in [0.29, 0.717) is 5.95 Å². The molecule has 0 aliphatic heterocycles. The van der Waals surface area contributed by atoms with Gasteiger partial charge in [0.1, 0.15) is 0 Å². The fourth-order valence-corrected chi connectivity index (χ4v) is 1.29. The average Bonchev–Trinajstić information content (AvgIpc) is 2.32. The van der Waals surface area contributed by atoms with E-state index in [-0.39, 0.29) is 11.4 Å². The fourth-order valence-electron chi connectivity index (χ4n) is 1.29. The summed E-state index contributed by atoms with van der Waals surface area (Å²) >= 11 is 0. The maximum atomic E-state index is 13.5. The lowest BCUT2D eigenvalue weighted by molar-refractivity contribution is 0.471. The minimum Gasteiger partial charge on any atom is -0.362 e. The molecule has 0 fully saturated rings. The van der Waals surface area contributed by atoms with Gasteiger partial charge in [-0.05, 0) is 19.8 Å². The zero-order valence-corrected chi connectivity index (χ0v) is 10.3. The second-order valence-electron chi connectivity index (χ2n) is 4.03. The largest absolute Gasteiger partial charge is 0.362 e. The van der Waals surface area contributed by atoms with Crippen LogP contribution in [0.25, 0.3) is 0 Å². The van der Waals surface area contributed by atoms with E-state index >= 15 is 0 Å². The molecule has 1 rings (SSSR count). The van der Waals surface area contributed by atoms with Gasteiger partial charge in [-0.3, -0.25) is 0 Å². The van der Waals surface area contributed by atoms with Crippen LogP contribution < -0.4 is 10.6 Å². The van der Waals surface area contributed by atoms with E-state index in [1.54, 1.807) is 7.05 Å². The topological polar surface area (TPSA) is 49.8 Å². The average molecular weight is 226 g/mol. The molecule has 1 aromatic heterocycles. The summed E-state index contributed by atoms with van der Waals surface area (Å²) in [6.45, 7) is 6.18. The lowest BCUT2D eigenvalue weighted by atomic mass is 9.96. The van der Waals surface area contributed by atoms with E-state index in [1.165, 1.54) is 6.20 Å². The van der Waals surface area contributed by atoms with Crippen LogP contribution >= 0.6 is 0 Å². The molecular weight excluding hydrogens is 207 g/mol. The first kappa shape index (κ1) is 12.7. The van der Waals surface area contributed by atoms with Crippen molar-refractivity contribution < 1.29 is 4.39 Å². The molecule has 0 aromatic carbocycles. The highest BCUT2D eigenvalue weighted by molar-refractivity contribution is 5.42. The van der Waals surface area contributed by atoms with E-state index in [0.717, 1.165) is 12.8 Å². The van der Waals surface area contributed by atoms with Gasteiger partial charge in [-0.25, -0.2) is 9.37 Å². The van der Waals surface area contributed by atoms with Crippen LogP contribution in [0.5, 0.6) is 0 Å². The van der Waals surface area contributed by atoms with E-state index < -0.39 is 5.82 Å². The lowest BCUT2D eigenvalue weighted by Gasteiger charge is -2.29. The van der Waals surface area contributed by atoms with Crippen LogP contribution in [0.4, 0.5) is 16.2 Å². The quantitative estimate of drug-likeness (QED) is 0.810. The summed E-state index contributed by atoms with van der Waals surface area (Å²) < 4.78 is 13.5. The minimum absolute atomic E-state index is 0.139. The van der Waals surface area contributed by atoms with Crippen LogP contribution in [0.3, 0.4) is 0 Å². The van der Waals surface area contributed by atoms with Crippen LogP contribution in [0.15, 0.2) is 6.20 Å². The number of hydrogen-bond acceptors (Lipinski definition) is 4. The smallest absolute Gasteiger partial charge is 0.224 e. The van der Waals surface area contributed by atoms with Crippen LogP contribution in [0.2, 0.25) is 0 Å². The first-order valence-electron chi connectivity index (χ1n) is 5.53. The number of rotatable bonds is 5. The van der Waals surface area contributed by atoms with Crippen molar-refractivity contribution in [1.29, 1.82) is 0 Å². The summed E-state index contributed by atoms with van der Waals surface area (Å²) in [7, 11) is 1.70. The van der Waals surface area contributed by atoms with Crippen LogP contribution in [0, 0.1) is 5.82 Å². The van der Waals surface area contributed by atoms with Gasteiger partial charge in [-0.2, -0.15) is 4.98 Å². The van der Waals surface area contributed by atoms with Crippen molar-refractivity contribution in [2.24, 2.45) is 0 Å². The molecule has 0 aliphatic carbocycles. The van der Waals surface area contributed by atoms with Gasteiger partial charge in [0, 0.05) is 12.6 Å². The molecule has 0 amide bonds. The Bertz CT molecular complexity index is 350. The zero-order chi connectivity index (χ0) is 12.2. The Kier molecular flexibility index (Phi) is 4.04. The van der Waals surface area contributed by atoms with Gasteiger partial charge < -0.3 is 10.6 Å². The van der Waals surface area contributed by atoms with Crippen LogP contribution in [-0.2, 0) is 0 Å². The van der Waals surface area contributed by atoms with Gasteiger partial charge in [0.2, 0.25) is 5.95 Å². The van der Waals surface area contributed by atoms with Crippen molar-refractivity contribution in [2.45, 2.75) is 39.2 Å². The van der Waals surface area contributed by atoms with Crippen LogP contribution in [0.1, 0.15) is 33.6 Å². The van der Waals surface area contributed by atoms with Crippen molar-refractivity contribution >= 4 is 11.8 Å². The number of hydrogen-bond donors (Lipinski definition) is 2. The molecule has 0 unspecified atom stereocenters. The molecule has 1 aromatic rings. The highest BCUT2D eigenvalue weighted by Crippen LogP contribution is 2.22. The Labute approximate surface area is 95.7 Å². The van der Waals surface area contributed by atoms with Gasteiger partial charge in [-0.15, -0.1) is 0 Å². The van der Waals surface area contributed by atoms with Crippen molar-refractivity contribution in [2.75, 3.05) is 17.7 Å². The Balaban J connectivity index is 2.95. The monoisotopic (exact) mass is 226 g/mol. The molecule has 0 atom stereocenters. The highest BCUT2D eigenvalue weighted by atomic mass is 19.1. The molecule has 16 heavy (non-hydrogen) atoms. The van der Waals surface area contributed by atoms with Crippen molar-refractivity contribution in [3.8, 4) is 0 Å². The fraction of sp³-hybridized carbons (Fsp3) is 0.636. The standard InChI is InChI=1S/C11H19FN4/c1-5-11(3,6-2)16-9-8(12)7-14-10(13-4)15-9/h7H,5-6H2,1-4H3,(H2,13,14,15,16). The highest BCUT2D eigenvalue weighted by Gasteiger charge is 2.21. The first-order valence-corrected chi connectivity index (χ1v) is 5.53. The SMILES string of the molecule is CCC(C)(CC)Nc1nc(NC)ncc1F. The number of anilines is 2. The number of halogens is 1. The summed E-state index contributed by atoms with van der Waals surface area (Å²) in [5.74, 6) is 0.246. The number of nitrogens with zero attached hydrogens (tertiary/aromatic N) is 2. The molecule has 1 heterocycles.